The highest BCUT2D eigenvalue weighted by atomic mass is 35.5. The molecule has 2 fully saturated rings. The number of nitrogens with two attached hydrogens (primary N) is 1. The van der Waals surface area contributed by atoms with E-state index in [1.54, 1.807) is 11.0 Å². The number of anilines is 1. The van der Waals surface area contributed by atoms with Gasteiger partial charge in [-0.05, 0) is 31.2 Å². The van der Waals surface area contributed by atoms with Crippen LogP contribution in [0.5, 0.6) is 0 Å². The molecule has 9 nitrogen and oxygen atoms in total. The topological polar surface area (TPSA) is 124 Å². The summed E-state index contributed by atoms with van der Waals surface area (Å²) in [6.45, 7) is 2.55. The number of pyridine rings is 1. The van der Waals surface area contributed by atoms with Gasteiger partial charge in [0.25, 0.3) is 5.69 Å². The van der Waals surface area contributed by atoms with Crippen molar-refractivity contribution in [1.29, 1.82) is 0 Å². The molecule has 1 aromatic heterocycles. The lowest BCUT2D eigenvalue weighted by atomic mass is 9.91. The molecule has 0 aliphatic carbocycles. The number of likely N-dealkylation sites (tertiary alicyclic amines) is 1. The standard InChI is InChI=1S/C16H23N5O4.2ClH/c17-15(11-4-7-25-8-5-11)16(22)20-6-3-12(10-20)19-14-2-1-13(9-18-14)21(23)24;;/h1-2,9,11-12,15H,3-8,10,17H2,(H,18,19);2*1H. The third kappa shape index (κ3) is 5.90. The van der Waals surface area contributed by atoms with Gasteiger partial charge in [0.15, 0.2) is 0 Å². The highest BCUT2D eigenvalue weighted by Gasteiger charge is 2.33. The van der Waals surface area contributed by atoms with Gasteiger partial charge in [-0.3, -0.25) is 14.9 Å². The molecule has 0 saturated carbocycles. The molecule has 3 heterocycles. The predicted octanol–water partition coefficient (Wildman–Crippen LogP) is 1.60. The van der Waals surface area contributed by atoms with Crippen molar-refractivity contribution >= 4 is 42.2 Å². The number of ether oxygens (including phenoxy) is 1. The fourth-order valence-electron chi connectivity index (χ4n) is 3.35. The molecule has 2 aliphatic rings. The van der Waals surface area contributed by atoms with Crippen molar-refractivity contribution in [3.05, 3.63) is 28.4 Å². The Morgan fingerprint density at radius 1 is 1.33 bits per heavy atom. The molecule has 3 N–H and O–H groups in total. The fraction of sp³-hybridized carbons (Fsp3) is 0.625. The van der Waals surface area contributed by atoms with Crippen LogP contribution in [0, 0.1) is 16.0 Å². The van der Waals surface area contributed by atoms with Crippen molar-refractivity contribution < 1.29 is 14.5 Å². The first kappa shape index (κ1) is 23.4. The summed E-state index contributed by atoms with van der Waals surface area (Å²) in [4.78, 5) is 28.6. The van der Waals surface area contributed by atoms with Crippen LogP contribution >= 0.6 is 24.8 Å². The molecule has 0 aromatic carbocycles. The molecule has 152 valence electrons. The van der Waals surface area contributed by atoms with E-state index >= 15 is 0 Å². The Morgan fingerprint density at radius 3 is 2.63 bits per heavy atom. The number of halogens is 2. The summed E-state index contributed by atoms with van der Waals surface area (Å²) in [6.07, 6.45) is 3.68. The summed E-state index contributed by atoms with van der Waals surface area (Å²) in [5.74, 6) is 0.746. The van der Waals surface area contributed by atoms with Gasteiger partial charge in [-0.25, -0.2) is 4.98 Å². The third-order valence-corrected chi connectivity index (χ3v) is 4.87. The van der Waals surface area contributed by atoms with Gasteiger partial charge in [0.05, 0.1) is 11.0 Å². The molecule has 0 bridgehead atoms. The number of carbonyl (C=O) groups is 1. The average molecular weight is 422 g/mol. The van der Waals surface area contributed by atoms with Crippen LogP contribution in [-0.2, 0) is 9.53 Å². The average Bonchev–Trinajstić information content (AvgIpc) is 3.10. The van der Waals surface area contributed by atoms with Crippen molar-refractivity contribution in [3.8, 4) is 0 Å². The number of amides is 1. The number of carbonyl (C=O) groups excluding carboxylic acids is 1. The first-order valence-corrected chi connectivity index (χ1v) is 8.53. The fourth-order valence-corrected chi connectivity index (χ4v) is 3.35. The zero-order chi connectivity index (χ0) is 17.8. The number of aromatic nitrogens is 1. The molecular weight excluding hydrogens is 397 g/mol. The van der Waals surface area contributed by atoms with Crippen LogP contribution in [0.25, 0.3) is 0 Å². The third-order valence-electron chi connectivity index (χ3n) is 4.87. The lowest BCUT2D eigenvalue weighted by Gasteiger charge is -2.29. The van der Waals surface area contributed by atoms with E-state index in [4.69, 9.17) is 10.5 Å². The van der Waals surface area contributed by atoms with E-state index in [9.17, 15) is 14.9 Å². The van der Waals surface area contributed by atoms with E-state index < -0.39 is 11.0 Å². The molecule has 27 heavy (non-hydrogen) atoms. The maximum atomic E-state index is 12.6. The van der Waals surface area contributed by atoms with Crippen LogP contribution in [0.2, 0.25) is 0 Å². The summed E-state index contributed by atoms with van der Waals surface area (Å²) >= 11 is 0. The molecule has 1 aromatic rings. The van der Waals surface area contributed by atoms with E-state index in [1.807, 2.05) is 0 Å². The number of hydrogen-bond acceptors (Lipinski definition) is 7. The highest BCUT2D eigenvalue weighted by Crippen LogP contribution is 2.22. The lowest BCUT2D eigenvalue weighted by Crippen LogP contribution is -2.48. The second kappa shape index (κ2) is 10.6. The Balaban J connectivity index is 0.00000182. The van der Waals surface area contributed by atoms with E-state index in [0.29, 0.717) is 32.1 Å². The van der Waals surface area contributed by atoms with Crippen molar-refractivity contribution in [2.75, 3.05) is 31.6 Å². The minimum Gasteiger partial charge on any atom is -0.381 e. The summed E-state index contributed by atoms with van der Waals surface area (Å²) in [6, 6.07) is 2.59. The molecule has 3 rings (SSSR count). The number of nitrogens with one attached hydrogen (secondary N) is 1. The zero-order valence-electron chi connectivity index (χ0n) is 14.8. The molecule has 0 spiro atoms. The van der Waals surface area contributed by atoms with Gasteiger partial charge in [-0.2, -0.15) is 0 Å². The van der Waals surface area contributed by atoms with Crippen LogP contribution in [0.4, 0.5) is 11.5 Å². The Morgan fingerprint density at radius 2 is 2.04 bits per heavy atom. The minimum absolute atomic E-state index is 0. The highest BCUT2D eigenvalue weighted by molar-refractivity contribution is 5.85. The SMILES string of the molecule is Cl.Cl.NC(C(=O)N1CCC(Nc2ccc([N+](=O)[O-])cn2)C1)C1CCOCC1. The Kier molecular flexibility index (Phi) is 9.17. The molecule has 0 radical (unpaired) electrons. The second-order valence-electron chi connectivity index (χ2n) is 6.55. The smallest absolute Gasteiger partial charge is 0.287 e. The summed E-state index contributed by atoms with van der Waals surface area (Å²) in [5.41, 5.74) is 6.13. The quantitative estimate of drug-likeness (QED) is 0.546. The van der Waals surface area contributed by atoms with E-state index in [-0.39, 0.29) is 48.4 Å². The molecule has 2 atom stereocenters. The molecule has 11 heteroatoms. The minimum atomic E-state index is -0.482. The van der Waals surface area contributed by atoms with E-state index in [0.717, 1.165) is 19.3 Å². The summed E-state index contributed by atoms with van der Waals surface area (Å²) in [7, 11) is 0. The predicted molar refractivity (Wildman–Crippen MR) is 106 cm³/mol. The maximum absolute atomic E-state index is 12.6. The van der Waals surface area contributed by atoms with E-state index in [1.165, 1.54) is 12.3 Å². The maximum Gasteiger partial charge on any atom is 0.287 e. The normalized spacial score (nSPS) is 20.9. The van der Waals surface area contributed by atoms with Gasteiger partial charge in [0.1, 0.15) is 12.0 Å². The number of rotatable bonds is 5. The van der Waals surface area contributed by atoms with Gasteiger partial charge < -0.3 is 20.7 Å². The van der Waals surface area contributed by atoms with Crippen molar-refractivity contribution in [2.24, 2.45) is 11.7 Å². The second-order valence-corrected chi connectivity index (χ2v) is 6.55. The lowest BCUT2D eigenvalue weighted by molar-refractivity contribution is -0.385. The Bertz CT molecular complexity index is 628. The van der Waals surface area contributed by atoms with Gasteiger partial charge in [0.2, 0.25) is 5.91 Å². The van der Waals surface area contributed by atoms with Crippen LogP contribution in [0.15, 0.2) is 18.3 Å². The number of nitro groups is 1. The molecule has 2 aliphatic heterocycles. The number of hydrogen-bond donors (Lipinski definition) is 2. The first-order valence-electron chi connectivity index (χ1n) is 8.53. The zero-order valence-corrected chi connectivity index (χ0v) is 16.4. The summed E-state index contributed by atoms with van der Waals surface area (Å²) < 4.78 is 5.32. The van der Waals surface area contributed by atoms with E-state index in [2.05, 4.69) is 10.3 Å². The van der Waals surface area contributed by atoms with Crippen LogP contribution in [0.1, 0.15) is 19.3 Å². The molecule has 2 saturated heterocycles. The van der Waals surface area contributed by atoms with Crippen LogP contribution < -0.4 is 11.1 Å². The Labute approximate surface area is 170 Å². The van der Waals surface area contributed by atoms with Crippen molar-refractivity contribution in [3.63, 3.8) is 0 Å². The van der Waals surface area contributed by atoms with Gasteiger partial charge in [-0.15, -0.1) is 24.8 Å². The Hall–Kier alpha value is -1.68. The van der Waals surface area contributed by atoms with Crippen LogP contribution in [0.3, 0.4) is 0 Å². The van der Waals surface area contributed by atoms with Crippen LogP contribution in [-0.4, -0.2) is 59.1 Å². The molecular formula is C16H25Cl2N5O4. The summed E-state index contributed by atoms with van der Waals surface area (Å²) in [5, 5.41) is 13.9. The first-order chi connectivity index (χ1) is 12.0. The molecule has 2 unspecified atom stereocenters. The van der Waals surface area contributed by atoms with Crippen molar-refractivity contribution in [1.82, 2.24) is 9.88 Å². The van der Waals surface area contributed by atoms with Gasteiger partial charge in [-0.1, -0.05) is 0 Å². The number of nitrogens with zero attached hydrogens (tertiary/aromatic N) is 3. The molecule has 1 amide bonds. The van der Waals surface area contributed by atoms with Gasteiger partial charge >= 0.3 is 0 Å². The monoisotopic (exact) mass is 421 g/mol. The van der Waals surface area contributed by atoms with Gasteiger partial charge in [0, 0.05) is 38.4 Å². The van der Waals surface area contributed by atoms with Crippen molar-refractivity contribution in [2.45, 2.75) is 31.3 Å². The largest absolute Gasteiger partial charge is 0.381 e.